The first kappa shape index (κ1) is 11.4. The molecular weight excluding hydrogens is 184 g/mol. The van der Waals surface area contributed by atoms with Crippen LogP contribution in [0.5, 0.6) is 0 Å². The summed E-state index contributed by atoms with van der Waals surface area (Å²) in [4.78, 5) is 2.77. The molecule has 2 saturated heterocycles. The molecule has 0 radical (unpaired) electrons. The lowest BCUT2D eigenvalue weighted by molar-refractivity contribution is 0.0339. The molecule has 2 aliphatic heterocycles. The van der Waals surface area contributed by atoms with E-state index in [9.17, 15) is 0 Å². The largest absolute Gasteiger partial charge is 0.315 e. The SMILES string of the molecule is CC1CC(C)C(C)N(C2CNCC2C)C1. The number of piperidine rings is 1. The summed E-state index contributed by atoms with van der Waals surface area (Å²) in [5.41, 5.74) is 0. The molecule has 0 aromatic carbocycles. The molecule has 5 unspecified atom stereocenters. The van der Waals surface area contributed by atoms with Gasteiger partial charge in [0.05, 0.1) is 0 Å². The Kier molecular flexibility index (Phi) is 3.36. The third kappa shape index (κ3) is 2.21. The second-order valence-electron chi connectivity index (χ2n) is 5.96. The maximum absolute atomic E-state index is 3.53. The molecule has 1 N–H and O–H groups in total. The third-order valence-electron chi connectivity index (χ3n) is 4.55. The van der Waals surface area contributed by atoms with Crippen LogP contribution in [0.2, 0.25) is 0 Å². The number of nitrogens with zero attached hydrogens (tertiary/aromatic N) is 1. The van der Waals surface area contributed by atoms with Crippen LogP contribution >= 0.6 is 0 Å². The summed E-state index contributed by atoms with van der Waals surface area (Å²) in [5, 5.41) is 3.53. The van der Waals surface area contributed by atoms with Crippen LogP contribution in [0.15, 0.2) is 0 Å². The van der Waals surface area contributed by atoms with Crippen molar-refractivity contribution in [3.63, 3.8) is 0 Å². The summed E-state index contributed by atoms with van der Waals surface area (Å²) in [5.74, 6) is 2.57. The standard InChI is InChI=1S/C13H26N2/c1-9-5-10(2)12(4)15(8-9)13-7-14-6-11(13)3/h9-14H,5-8H2,1-4H3. The Hall–Kier alpha value is -0.0800. The van der Waals surface area contributed by atoms with Crippen molar-refractivity contribution in [2.45, 2.75) is 46.2 Å². The highest BCUT2D eigenvalue weighted by Crippen LogP contribution is 2.31. The minimum atomic E-state index is 0.772. The maximum atomic E-state index is 3.53. The second-order valence-corrected chi connectivity index (χ2v) is 5.96. The number of hydrogen-bond donors (Lipinski definition) is 1. The van der Waals surface area contributed by atoms with Crippen molar-refractivity contribution in [1.82, 2.24) is 10.2 Å². The van der Waals surface area contributed by atoms with Gasteiger partial charge in [-0.1, -0.05) is 20.8 Å². The fourth-order valence-corrected chi connectivity index (χ4v) is 3.44. The van der Waals surface area contributed by atoms with Gasteiger partial charge in [0.25, 0.3) is 0 Å². The number of likely N-dealkylation sites (tertiary alicyclic amines) is 1. The minimum Gasteiger partial charge on any atom is -0.315 e. The summed E-state index contributed by atoms with van der Waals surface area (Å²) in [6.45, 7) is 13.3. The molecular formula is C13H26N2. The van der Waals surface area contributed by atoms with Crippen LogP contribution in [-0.2, 0) is 0 Å². The van der Waals surface area contributed by atoms with Crippen molar-refractivity contribution in [1.29, 1.82) is 0 Å². The van der Waals surface area contributed by atoms with Crippen molar-refractivity contribution in [2.24, 2.45) is 17.8 Å². The molecule has 2 heteroatoms. The Morgan fingerprint density at radius 2 is 1.73 bits per heavy atom. The molecule has 0 aromatic heterocycles. The van der Waals surface area contributed by atoms with E-state index in [0.29, 0.717) is 0 Å². The van der Waals surface area contributed by atoms with E-state index in [0.717, 1.165) is 29.8 Å². The molecule has 0 bridgehead atoms. The van der Waals surface area contributed by atoms with Crippen molar-refractivity contribution in [3.8, 4) is 0 Å². The van der Waals surface area contributed by atoms with Gasteiger partial charge in [0.15, 0.2) is 0 Å². The van der Waals surface area contributed by atoms with Gasteiger partial charge in [-0.25, -0.2) is 0 Å². The highest BCUT2D eigenvalue weighted by atomic mass is 15.2. The van der Waals surface area contributed by atoms with Gasteiger partial charge in [-0.05, 0) is 37.6 Å². The molecule has 2 heterocycles. The van der Waals surface area contributed by atoms with Crippen LogP contribution in [0, 0.1) is 17.8 Å². The summed E-state index contributed by atoms with van der Waals surface area (Å²) in [6, 6.07) is 1.55. The third-order valence-corrected chi connectivity index (χ3v) is 4.55. The fourth-order valence-electron chi connectivity index (χ4n) is 3.44. The lowest BCUT2D eigenvalue weighted by Crippen LogP contribution is -2.53. The first-order valence-corrected chi connectivity index (χ1v) is 6.56. The van der Waals surface area contributed by atoms with E-state index in [4.69, 9.17) is 0 Å². The number of nitrogens with one attached hydrogen (secondary N) is 1. The average molecular weight is 210 g/mol. The van der Waals surface area contributed by atoms with Crippen molar-refractivity contribution in [3.05, 3.63) is 0 Å². The predicted octanol–water partition coefficient (Wildman–Crippen LogP) is 1.96. The van der Waals surface area contributed by atoms with Crippen LogP contribution in [0.1, 0.15) is 34.1 Å². The van der Waals surface area contributed by atoms with E-state index >= 15 is 0 Å². The van der Waals surface area contributed by atoms with Crippen LogP contribution in [0.3, 0.4) is 0 Å². The van der Waals surface area contributed by atoms with Gasteiger partial charge in [0, 0.05) is 25.2 Å². The Balaban J connectivity index is 2.05. The van der Waals surface area contributed by atoms with Crippen molar-refractivity contribution in [2.75, 3.05) is 19.6 Å². The van der Waals surface area contributed by atoms with E-state index in [1.165, 1.54) is 26.1 Å². The van der Waals surface area contributed by atoms with Crippen molar-refractivity contribution < 1.29 is 0 Å². The molecule has 2 rings (SSSR count). The lowest BCUT2D eigenvalue weighted by Gasteiger charge is -2.45. The highest BCUT2D eigenvalue weighted by molar-refractivity contribution is 4.92. The molecule has 88 valence electrons. The fraction of sp³-hybridized carbons (Fsp3) is 1.00. The molecule has 15 heavy (non-hydrogen) atoms. The number of hydrogen-bond acceptors (Lipinski definition) is 2. The van der Waals surface area contributed by atoms with Gasteiger partial charge in [-0.15, -0.1) is 0 Å². The monoisotopic (exact) mass is 210 g/mol. The van der Waals surface area contributed by atoms with Gasteiger partial charge in [0.1, 0.15) is 0 Å². The normalized spacial score (nSPS) is 48.4. The molecule has 0 aliphatic carbocycles. The van der Waals surface area contributed by atoms with Gasteiger partial charge in [-0.2, -0.15) is 0 Å². The van der Waals surface area contributed by atoms with Crippen molar-refractivity contribution >= 4 is 0 Å². The minimum absolute atomic E-state index is 0.772. The zero-order valence-corrected chi connectivity index (χ0v) is 10.7. The first-order valence-electron chi connectivity index (χ1n) is 6.56. The number of rotatable bonds is 1. The molecule has 0 saturated carbocycles. The van der Waals surface area contributed by atoms with E-state index in [1.54, 1.807) is 0 Å². The molecule has 0 aromatic rings. The van der Waals surface area contributed by atoms with Gasteiger partial charge < -0.3 is 5.32 Å². The zero-order valence-electron chi connectivity index (χ0n) is 10.7. The Morgan fingerprint density at radius 1 is 1.00 bits per heavy atom. The van der Waals surface area contributed by atoms with E-state index in [-0.39, 0.29) is 0 Å². The summed E-state index contributed by atoms with van der Waals surface area (Å²) >= 11 is 0. The Bertz CT molecular complexity index is 217. The molecule has 2 nitrogen and oxygen atoms in total. The zero-order chi connectivity index (χ0) is 11.0. The van der Waals surface area contributed by atoms with Gasteiger partial charge in [0.2, 0.25) is 0 Å². The quantitative estimate of drug-likeness (QED) is 0.712. The summed E-state index contributed by atoms with van der Waals surface area (Å²) in [7, 11) is 0. The molecule has 0 spiro atoms. The molecule has 2 aliphatic rings. The Morgan fingerprint density at radius 3 is 2.33 bits per heavy atom. The first-order chi connectivity index (χ1) is 7.09. The molecule has 2 fully saturated rings. The highest BCUT2D eigenvalue weighted by Gasteiger charge is 2.37. The molecule has 5 atom stereocenters. The molecule has 0 amide bonds. The van der Waals surface area contributed by atoms with Crippen LogP contribution < -0.4 is 5.32 Å². The lowest BCUT2D eigenvalue weighted by atomic mass is 9.84. The summed E-state index contributed by atoms with van der Waals surface area (Å²) < 4.78 is 0. The van der Waals surface area contributed by atoms with E-state index in [1.807, 2.05) is 0 Å². The Labute approximate surface area is 94.4 Å². The van der Waals surface area contributed by atoms with Crippen LogP contribution in [0.4, 0.5) is 0 Å². The van der Waals surface area contributed by atoms with E-state index < -0.39 is 0 Å². The predicted molar refractivity (Wildman–Crippen MR) is 64.9 cm³/mol. The van der Waals surface area contributed by atoms with E-state index in [2.05, 4.69) is 37.9 Å². The smallest absolute Gasteiger partial charge is 0.0261 e. The van der Waals surface area contributed by atoms with Crippen LogP contribution in [-0.4, -0.2) is 36.6 Å². The maximum Gasteiger partial charge on any atom is 0.0261 e. The summed E-state index contributed by atoms with van der Waals surface area (Å²) in [6.07, 6.45) is 1.41. The topological polar surface area (TPSA) is 15.3 Å². The van der Waals surface area contributed by atoms with Crippen LogP contribution in [0.25, 0.3) is 0 Å². The van der Waals surface area contributed by atoms with Gasteiger partial charge in [-0.3, -0.25) is 4.90 Å². The second kappa shape index (κ2) is 4.42. The average Bonchev–Trinajstić information content (AvgIpc) is 2.58. The van der Waals surface area contributed by atoms with Gasteiger partial charge >= 0.3 is 0 Å².